The second kappa shape index (κ2) is 8.50. The molecule has 0 unspecified atom stereocenters. The summed E-state index contributed by atoms with van der Waals surface area (Å²) in [5.41, 5.74) is 9.66. The normalized spacial score (nSPS) is 9.77. The van der Waals surface area contributed by atoms with Gasteiger partial charge in [-0.2, -0.15) is 4.79 Å². The van der Waals surface area contributed by atoms with Crippen LogP contribution in [0.2, 0.25) is 0 Å². The molecule has 7 heteroatoms. The summed E-state index contributed by atoms with van der Waals surface area (Å²) in [4.78, 5) is 40.8. The molecule has 0 atom stereocenters. The molecule has 0 heterocycles. The molecule has 0 aliphatic rings. The van der Waals surface area contributed by atoms with Gasteiger partial charge in [0.25, 0.3) is 5.91 Å². The lowest BCUT2D eigenvalue weighted by atomic mass is 10.1. The lowest BCUT2D eigenvalue weighted by molar-refractivity contribution is -0.139. The van der Waals surface area contributed by atoms with Gasteiger partial charge < -0.3 is 10.3 Å². The van der Waals surface area contributed by atoms with E-state index in [-0.39, 0.29) is 11.3 Å². The number of amides is 2. The SMILES string of the molecule is CCc1ccc(C(=O)N(C(=O)C(=[N+]=[N-])C(=O)OC)c2ccccc2)cc1. The first-order chi connectivity index (χ1) is 12.5. The van der Waals surface area contributed by atoms with Crippen LogP contribution in [0.1, 0.15) is 22.8 Å². The number of hydrogen-bond donors (Lipinski definition) is 0. The van der Waals surface area contributed by atoms with E-state index in [1.54, 1.807) is 42.5 Å². The van der Waals surface area contributed by atoms with Gasteiger partial charge in [0.15, 0.2) is 0 Å². The number of carbonyl (C=O) groups is 3. The monoisotopic (exact) mass is 351 g/mol. The Morgan fingerprint density at radius 1 is 1.04 bits per heavy atom. The Hall–Kier alpha value is -3.57. The molecule has 0 saturated heterocycles. The largest absolute Gasteiger partial charge is 0.463 e. The summed E-state index contributed by atoms with van der Waals surface area (Å²) in [5.74, 6) is -2.89. The van der Waals surface area contributed by atoms with Crippen molar-refractivity contribution in [3.63, 3.8) is 0 Å². The van der Waals surface area contributed by atoms with Crippen molar-refractivity contribution in [1.82, 2.24) is 0 Å². The average Bonchev–Trinajstić information content (AvgIpc) is 2.69. The number of anilines is 1. The number of aryl methyl sites for hydroxylation is 1. The van der Waals surface area contributed by atoms with Crippen LogP contribution in [0.4, 0.5) is 5.69 Å². The second-order valence-corrected chi connectivity index (χ2v) is 5.27. The molecule has 0 radical (unpaired) electrons. The highest BCUT2D eigenvalue weighted by Crippen LogP contribution is 2.18. The first-order valence-corrected chi connectivity index (χ1v) is 7.86. The molecule has 132 valence electrons. The number of hydrogen-bond acceptors (Lipinski definition) is 4. The van der Waals surface area contributed by atoms with Crippen LogP contribution in [-0.4, -0.2) is 35.4 Å². The Morgan fingerprint density at radius 2 is 1.65 bits per heavy atom. The summed E-state index contributed by atoms with van der Waals surface area (Å²) in [6, 6.07) is 14.8. The fourth-order valence-electron chi connectivity index (χ4n) is 2.29. The van der Waals surface area contributed by atoms with Gasteiger partial charge in [-0.05, 0) is 36.2 Å². The average molecular weight is 351 g/mol. The zero-order valence-corrected chi connectivity index (χ0v) is 14.4. The zero-order valence-electron chi connectivity index (χ0n) is 14.4. The topological polar surface area (TPSA) is 100 Å². The Kier molecular flexibility index (Phi) is 6.14. The predicted molar refractivity (Wildman–Crippen MR) is 94.7 cm³/mol. The molecule has 0 aliphatic heterocycles. The lowest BCUT2D eigenvalue weighted by Crippen LogP contribution is -2.44. The van der Waals surface area contributed by atoms with Gasteiger partial charge in [0.1, 0.15) is 0 Å². The fraction of sp³-hybridized carbons (Fsp3) is 0.158. The van der Waals surface area contributed by atoms with E-state index in [4.69, 9.17) is 5.53 Å². The van der Waals surface area contributed by atoms with Crippen molar-refractivity contribution in [3.05, 3.63) is 71.3 Å². The summed E-state index contributed by atoms with van der Waals surface area (Å²) >= 11 is 0. The molecule has 2 aromatic carbocycles. The molecule has 0 fully saturated rings. The molecule has 0 bridgehead atoms. The predicted octanol–water partition coefficient (Wildman–Crippen LogP) is 2.27. The van der Waals surface area contributed by atoms with Crippen LogP contribution in [0, 0.1) is 0 Å². The van der Waals surface area contributed by atoms with Gasteiger partial charge in [-0.15, -0.1) is 0 Å². The maximum Gasteiger partial charge on any atom is 0.463 e. The quantitative estimate of drug-likeness (QED) is 0.271. The summed E-state index contributed by atoms with van der Waals surface area (Å²) in [6.45, 7) is 1.98. The number of methoxy groups -OCH3 is 1. The Morgan fingerprint density at radius 3 is 2.15 bits per heavy atom. The summed E-state index contributed by atoms with van der Waals surface area (Å²) in [6.07, 6.45) is 0.805. The Bertz CT molecular complexity index is 869. The Balaban J connectivity index is 2.50. The van der Waals surface area contributed by atoms with Gasteiger partial charge >= 0.3 is 17.6 Å². The minimum atomic E-state index is -1.15. The summed E-state index contributed by atoms with van der Waals surface area (Å²) in [7, 11) is 1.04. The third-order valence-corrected chi connectivity index (χ3v) is 3.71. The molecule has 0 aromatic heterocycles. The molecule has 2 rings (SSSR count). The number of benzene rings is 2. The van der Waals surface area contributed by atoms with E-state index in [0.717, 1.165) is 24.0 Å². The van der Waals surface area contributed by atoms with E-state index in [1.165, 1.54) is 12.1 Å². The molecule has 0 N–H and O–H groups in total. The number of ether oxygens (including phenoxy) is 1. The fourth-order valence-corrected chi connectivity index (χ4v) is 2.29. The zero-order chi connectivity index (χ0) is 19.1. The van der Waals surface area contributed by atoms with Crippen molar-refractivity contribution in [3.8, 4) is 0 Å². The van der Waals surface area contributed by atoms with Crippen LogP contribution in [0.15, 0.2) is 54.6 Å². The molecule has 0 aliphatic carbocycles. The van der Waals surface area contributed by atoms with E-state index in [9.17, 15) is 14.4 Å². The number of imide groups is 1. The second-order valence-electron chi connectivity index (χ2n) is 5.27. The minimum Gasteiger partial charge on any atom is -0.460 e. The molecule has 0 spiro atoms. The summed E-state index contributed by atoms with van der Waals surface area (Å²) < 4.78 is 4.44. The van der Waals surface area contributed by atoms with Crippen LogP contribution in [0.3, 0.4) is 0 Å². The number of para-hydroxylation sites is 1. The number of esters is 1. The van der Waals surface area contributed by atoms with Gasteiger partial charge in [0.2, 0.25) is 0 Å². The first kappa shape index (κ1) is 18.8. The van der Waals surface area contributed by atoms with Crippen LogP contribution < -0.4 is 4.90 Å². The molecule has 26 heavy (non-hydrogen) atoms. The maximum atomic E-state index is 12.9. The van der Waals surface area contributed by atoms with Crippen LogP contribution in [0.5, 0.6) is 0 Å². The van der Waals surface area contributed by atoms with Crippen molar-refractivity contribution in [1.29, 1.82) is 0 Å². The highest BCUT2D eigenvalue weighted by atomic mass is 16.5. The smallest absolute Gasteiger partial charge is 0.460 e. The van der Waals surface area contributed by atoms with Gasteiger partial charge in [0, 0.05) is 5.56 Å². The third kappa shape index (κ3) is 3.91. The van der Waals surface area contributed by atoms with Crippen LogP contribution in [0.25, 0.3) is 5.53 Å². The highest BCUT2D eigenvalue weighted by molar-refractivity contribution is 6.66. The van der Waals surface area contributed by atoms with Crippen molar-refractivity contribution in [2.24, 2.45) is 0 Å². The molecule has 7 nitrogen and oxygen atoms in total. The summed E-state index contributed by atoms with van der Waals surface area (Å²) in [5, 5.41) is 0. The van der Waals surface area contributed by atoms with E-state index >= 15 is 0 Å². The van der Waals surface area contributed by atoms with E-state index in [1.807, 2.05) is 6.92 Å². The number of rotatable bonds is 5. The van der Waals surface area contributed by atoms with Gasteiger partial charge in [-0.25, -0.2) is 9.69 Å². The van der Waals surface area contributed by atoms with Crippen molar-refractivity contribution < 1.29 is 23.9 Å². The highest BCUT2D eigenvalue weighted by Gasteiger charge is 2.39. The van der Waals surface area contributed by atoms with Crippen molar-refractivity contribution in [2.75, 3.05) is 12.0 Å². The first-order valence-electron chi connectivity index (χ1n) is 7.86. The van der Waals surface area contributed by atoms with E-state index in [0.29, 0.717) is 0 Å². The lowest BCUT2D eigenvalue weighted by Gasteiger charge is -2.18. The number of nitrogens with zero attached hydrogens (tertiary/aromatic N) is 3. The third-order valence-electron chi connectivity index (χ3n) is 3.71. The van der Waals surface area contributed by atoms with Gasteiger partial charge in [0.05, 0.1) is 12.8 Å². The van der Waals surface area contributed by atoms with E-state index in [2.05, 4.69) is 9.53 Å². The Labute approximate surface area is 150 Å². The molecule has 2 aromatic rings. The van der Waals surface area contributed by atoms with Gasteiger partial charge in [-0.3, -0.25) is 9.59 Å². The van der Waals surface area contributed by atoms with Crippen molar-refractivity contribution in [2.45, 2.75) is 13.3 Å². The number of carbonyl (C=O) groups excluding carboxylic acids is 3. The van der Waals surface area contributed by atoms with E-state index < -0.39 is 23.5 Å². The minimum absolute atomic E-state index is 0.229. The van der Waals surface area contributed by atoms with Gasteiger partial charge in [-0.1, -0.05) is 37.3 Å². The molecular weight excluding hydrogens is 334 g/mol. The maximum absolute atomic E-state index is 12.9. The van der Waals surface area contributed by atoms with Crippen LogP contribution >= 0.6 is 0 Å². The standard InChI is InChI=1S/C19H17N3O4/c1-3-13-9-11-14(12-10-13)17(23)22(15-7-5-4-6-8-15)18(24)16(21-20)19(25)26-2/h4-12H,3H2,1-2H3. The van der Waals surface area contributed by atoms with Crippen molar-refractivity contribution >= 4 is 29.2 Å². The van der Waals surface area contributed by atoms with Crippen LogP contribution in [-0.2, 0) is 20.7 Å². The molecular formula is C19H17N3O4. The molecule has 0 saturated carbocycles. The molecule has 2 amide bonds.